The van der Waals surface area contributed by atoms with Crippen LogP contribution in [0.15, 0.2) is 30.3 Å². The maximum Gasteiger partial charge on any atom is 0.0582 e. The first-order valence-corrected chi connectivity index (χ1v) is 7.32. The minimum absolute atomic E-state index is 0.483. The van der Waals surface area contributed by atoms with Crippen LogP contribution in [0, 0.1) is 0 Å². The normalized spacial score (nSPS) is 25.2. The van der Waals surface area contributed by atoms with Crippen molar-refractivity contribution >= 4 is 0 Å². The Kier molecular flexibility index (Phi) is 3.96. The zero-order valence-electron chi connectivity index (χ0n) is 11.0. The molecular formula is C16H23NO. The molecule has 18 heavy (non-hydrogen) atoms. The number of benzene rings is 1. The Morgan fingerprint density at radius 2 is 2.00 bits per heavy atom. The first kappa shape index (κ1) is 12.2. The molecule has 2 fully saturated rings. The third kappa shape index (κ3) is 3.33. The van der Waals surface area contributed by atoms with Crippen molar-refractivity contribution in [1.82, 2.24) is 5.32 Å². The second kappa shape index (κ2) is 5.85. The Bertz CT molecular complexity index is 355. The van der Waals surface area contributed by atoms with Gasteiger partial charge in [-0.3, -0.25) is 0 Å². The van der Waals surface area contributed by atoms with Crippen molar-refractivity contribution in [3.8, 4) is 0 Å². The average molecular weight is 245 g/mol. The van der Waals surface area contributed by atoms with Crippen LogP contribution in [-0.4, -0.2) is 25.3 Å². The Labute approximate surface area is 110 Å². The molecule has 2 atom stereocenters. The molecule has 2 heteroatoms. The smallest absolute Gasteiger partial charge is 0.0582 e. The highest BCUT2D eigenvalue weighted by Gasteiger charge is 2.25. The van der Waals surface area contributed by atoms with Gasteiger partial charge in [0.15, 0.2) is 0 Å². The van der Waals surface area contributed by atoms with E-state index in [0.29, 0.717) is 12.0 Å². The van der Waals surface area contributed by atoms with Gasteiger partial charge in [-0.15, -0.1) is 0 Å². The predicted octanol–water partition coefficient (Wildman–Crippen LogP) is 3.09. The van der Waals surface area contributed by atoms with Crippen LogP contribution in [-0.2, 0) is 4.74 Å². The highest BCUT2D eigenvalue weighted by atomic mass is 16.5. The second-order valence-corrected chi connectivity index (χ2v) is 5.66. The maximum absolute atomic E-state index is 5.80. The molecule has 1 heterocycles. The molecule has 0 aromatic heterocycles. The number of hydrogen-bond donors (Lipinski definition) is 1. The Balaban J connectivity index is 1.61. The van der Waals surface area contributed by atoms with Gasteiger partial charge in [-0.2, -0.15) is 0 Å². The van der Waals surface area contributed by atoms with Gasteiger partial charge in [-0.1, -0.05) is 30.3 Å². The van der Waals surface area contributed by atoms with Crippen molar-refractivity contribution in [3.63, 3.8) is 0 Å². The summed E-state index contributed by atoms with van der Waals surface area (Å²) in [7, 11) is 0. The molecule has 3 rings (SSSR count). The van der Waals surface area contributed by atoms with Gasteiger partial charge >= 0.3 is 0 Å². The molecule has 1 saturated heterocycles. The fraction of sp³-hybridized carbons (Fsp3) is 0.625. The van der Waals surface area contributed by atoms with E-state index in [1.54, 1.807) is 0 Å². The van der Waals surface area contributed by atoms with E-state index in [9.17, 15) is 0 Å². The van der Waals surface area contributed by atoms with Gasteiger partial charge in [-0.25, -0.2) is 0 Å². The van der Waals surface area contributed by atoms with Gasteiger partial charge in [0.25, 0.3) is 0 Å². The summed E-state index contributed by atoms with van der Waals surface area (Å²) in [4.78, 5) is 0. The van der Waals surface area contributed by atoms with Gasteiger partial charge in [-0.05, 0) is 43.6 Å². The average Bonchev–Trinajstić information content (AvgIpc) is 3.11. The lowest BCUT2D eigenvalue weighted by molar-refractivity contribution is 0.0976. The van der Waals surface area contributed by atoms with Crippen LogP contribution in [0.1, 0.15) is 43.6 Å². The zero-order chi connectivity index (χ0) is 12.2. The van der Waals surface area contributed by atoms with Gasteiger partial charge in [0.1, 0.15) is 0 Å². The van der Waals surface area contributed by atoms with Crippen molar-refractivity contribution < 1.29 is 4.74 Å². The minimum Gasteiger partial charge on any atom is -0.378 e. The Morgan fingerprint density at radius 3 is 2.67 bits per heavy atom. The zero-order valence-corrected chi connectivity index (χ0v) is 11.0. The molecule has 1 aliphatic carbocycles. The standard InChI is InChI=1S/C16H23NO/c1-2-5-13(6-3-1)14(12-17-15-8-9-15)11-16-7-4-10-18-16/h1-3,5-6,14-17H,4,7-12H2. The Morgan fingerprint density at radius 1 is 1.17 bits per heavy atom. The van der Waals surface area contributed by atoms with Crippen molar-refractivity contribution in [2.45, 2.75) is 50.2 Å². The largest absolute Gasteiger partial charge is 0.378 e. The molecule has 2 nitrogen and oxygen atoms in total. The molecule has 0 spiro atoms. The molecule has 0 amide bonds. The van der Waals surface area contributed by atoms with E-state index >= 15 is 0 Å². The number of rotatable bonds is 6. The minimum atomic E-state index is 0.483. The molecule has 1 aromatic carbocycles. The van der Waals surface area contributed by atoms with E-state index in [1.165, 1.54) is 37.7 Å². The van der Waals surface area contributed by atoms with Crippen molar-refractivity contribution in [2.75, 3.05) is 13.2 Å². The van der Waals surface area contributed by atoms with E-state index in [0.717, 1.165) is 19.2 Å². The summed E-state index contributed by atoms with van der Waals surface area (Å²) in [6, 6.07) is 11.7. The molecule has 1 N–H and O–H groups in total. The fourth-order valence-corrected chi connectivity index (χ4v) is 2.81. The van der Waals surface area contributed by atoms with E-state index in [2.05, 4.69) is 35.6 Å². The van der Waals surface area contributed by atoms with Gasteiger partial charge in [0, 0.05) is 19.2 Å². The number of hydrogen-bond acceptors (Lipinski definition) is 2. The summed E-state index contributed by atoms with van der Waals surface area (Å²) < 4.78 is 5.80. The molecular weight excluding hydrogens is 222 g/mol. The third-order valence-corrected chi connectivity index (χ3v) is 4.07. The van der Waals surface area contributed by atoms with Crippen LogP contribution in [0.25, 0.3) is 0 Å². The highest BCUT2D eigenvalue weighted by Crippen LogP contribution is 2.28. The summed E-state index contributed by atoms with van der Waals surface area (Å²) in [6.07, 6.45) is 6.86. The van der Waals surface area contributed by atoms with Gasteiger partial charge in [0.05, 0.1) is 6.10 Å². The predicted molar refractivity (Wildman–Crippen MR) is 73.8 cm³/mol. The highest BCUT2D eigenvalue weighted by molar-refractivity contribution is 5.20. The second-order valence-electron chi connectivity index (χ2n) is 5.66. The van der Waals surface area contributed by atoms with Crippen LogP contribution in [0.2, 0.25) is 0 Å². The van der Waals surface area contributed by atoms with Crippen molar-refractivity contribution in [1.29, 1.82) is 0 Å². The SMILES string of the molecule is c1ccc(C(CNC2CC2)CC2CCCO2)cc1. The lowest BCUT2D eigenvalue weighted by atomic mass is 9.92. The first-order chi connectivity index (χ1) is 8.92. The van der Waals surface area contributed by atoms with Crippen LogP contribution in [0.5, 0.6) is 0 Å². The van der Waals surface area contributed by atoms with Crippen LogP contribution in [0.3, 0.4) is 0 Å². The molecule has 1 aliphatic heterocycles. The molecule has 1 saturated carbocycles. The van der Waals surface area contributed by atoms with Crippen molar-refractivity contribution in [3.05, 3.63) is 35.9 Å². The van der Waals surface area contributed by atoms with Crippen molar-refractivity contribution in [2.24, 2.45) is 0 Å². The number of nitrogens with one attached hydrogen (secondary N) is 1. The van der Waals surface area contributed by atoms with Gasteiger partial charge in [0.2, 0.25) is 0 Å². The summed E-state index contributed by atoms with van der Waals surface area (Å²) in [6.45, 7) is 2.07. The van der Waals surface area contributed by atoms with E-state index in [-0.39, 0.29) is 0 Å². The fourth-order valence-electron chi connectivity index (χ4n) is 2.81. The monoisotopic (exact) mass is 245 g/mol. The molecule has 0 bridgehead atoms. The van der Waals surface area contributed by atoms with E-state index < -0.39 is 0 Å². The summed E-state index contributed by atoms with van der Waals surface area (Å²) in [5.74, 6) is 0.606. The van der Waals surface area contributed by atoms with Crippen LogP contribution in [0.4, 0.5) is 0 Å². The van der Waals surface area contributed by atoms with E-state index in [4.69, 9.17) is 4.74 Å². The van der Waals surface area contributed by atoms with Crippen LogP contribution >= 0.6 is 0 Å². The maximum atomic E-state index is 5.80. The number of ether oxygens (including phenoxy) is 1. The van der Waals surface area contributed by atoms with Gasteiger partial charge < -0.3 is 10.1 Å². The third-order valence-electron chi connectivity index (χ3n) is 4.07. The lowest BCUT2D eigenvalue weighted by Gasteiger charge is -2.21. The summed E-state index contributed by atoms with van der Waals surface area (Å²) in [5.41, 5.74) is 1.46. The molecule has 1 aromatic rings. The quantitative estimate of drug-likeness (QED) is 0.831. The molecule has 2 unspecified atom stereocenters. The lowest BCUT2D eigenvalue weighted by Crippen LogP contribution is -2.26. The van der Waals surface area contributed by atoms with E-state index in [1.807, 2.05) is 0 Å². The topological polar surface area (TPSA) is 21.3 Å². The summed E-state index contributed by atoms with van der Waals surface area (Å²) in [5, 5.41) is 3.67. The van der Waals surface area contributed by atoms with Crippen LogP contribution < -0.4 is 5.32 Å². The Hall–Kier alpha value is -0.860. The first-order valence-electron chi connectivity index (χ1n) is 7.32. The molecule has 98 valence electrons. The molecule has 2 aliphatic rings. The summed E-state index contributed by atoms with van der Waals surface area (Å²) >= 11 is 0. The molecule has 0 radical (unpaired) electrons.